The molecular formula is C45H45F5N10O6. The highest BCUT2D eigenvalue weighted by atomic mass is 19.4. The van der Waals surface area contributed by atoms with Gasteiger partial charge in [0.2, 0.25) is 23.7 Å². The van der Waals surface area contributed by atoms with Gasteiger partial charge in [-0.05, 0) is 69.8 Å². The minimum absolute atomic E-state index is 0.00608. The lowest BCUT2D eigenvalue weighted by atomic mass is 10.0. The van der Waals surface area contributed by atoms with Crippen LogP contribution in [0.25, 0.3) is 11.1 Å². The molecule has 4 aromatic rings. The molecule has 0 spiro atoms. The van der Waals surface area contributed by atoms with Gasteiger partial charge in [-0.3, -0.25) is 43.9 Å². The fourth-order valence-corrected chi connectivity index (χ4v) is 8.79. The number of rotatable bonds is 10. The standard InChI is InChI=1S/C45H45F5N10O6/c1-24-22-59(23-25(2)56(24)3)36-19-32(47)30(18-34(36)54-40(63)28-8-7-27(46)17-31(28)45(48,49)50)26-20-52-44(53-21-26)58-15-13-57(14-16-58)38(62)11-12-51-33-6-4-5-29-39(33)43(66)60(42(29)65)35-9-10-37(61)55-41(35)64/h4-8,17-21,24-25,35,51H,9-16,22-23H2,1-3H3,(H,54,63)(H,55,61,64)/t24-,25+,35?. The van der Waals surface area contributed by atoms with Gasteiger partial charge >= 0.3 is 6.18 Å². The molecule has 21 heteroatoms. The van der Waals surface area contributed by atoms with Crippen LogP contribution in [0.2, 0.25) is 0 Å². The molecule has 6 amide bonds. The first-order valence-corrected chi connectivity index (χ1v) is 21.3. The second-order valence-electron chi connectivity index (χ2n) is 16.8. The summed E-state index contributed by atoms with van der Waals surface area (Å²) in [5.74, 6) is -5.38. The van der Waals surface area contributed by atoms with Crippen LogP contribution in [0.15, 0.2) is 60.9 Å². The largest absolute Gasteiger partial charge is 0.417 e. The Balaban J connectivity index is 0.917. The predicted octanol–water partition coefficient (Wildman–Crippen LogP) is 4.77. The number of carbonyl (C=O) groups is 6. The maximum atomic E-state index is 16.1. The molecule has 346 valence electrons. The second-order valence-corrected chi connectivity index (χ2v) is 16.8. The lowest BCUT2D eigenvalue weighted by Gasteiger charge is -2.44. The molecule has 5 heterocycles. The number of halogens is 5. The van der Waals surface area contributed by atoms with Gasteiger partial charge in [0.05, 0.1) is 33.6 Å². The van der Waals surface area contributed by atoms with E-state index < -0.39 is 64.5 Å². The van der Waals surface area contributed by atoms with Crippen LogP contribution < -0.4 is 25.8 Å². The summed E-state index contributed by atoms with van der Waals surface area (Å²) < 4.78 is 71.8. The van der Waals surface area contributed by atoms with Gasteiger partial charge in [0.1, 0.15) is 17.7 Å². The van der Waals surface area contributed by atoms with Gasteiger partial charge in [0.25, 0.3) is 17.7 Å². The summed E-state index contributed by atoms with van der Waals surface area (Å²) in [6, 6.07) is 7.90. The van der Waals surface area contributed by atoms with Crippen LogP contribution in [-0.2, 0) is 20.6 Å². The van der Waals surface area contributed by atoms with Crippen LogP contribution >= 0.6 is 0 Å². The maximum Gasteiger partial charge on any atom is 0.417 e. The number of carbonyl (C=O) groups excluding carboxylic acids is 6. The van der Waals surface area contributed by atoms with Gasteiger partial charge in [-0.25, -0.2) is 18.7 Å². The van der Waals surface area contributed by atoms with Crippen molar-refractivity contribution in [3.63, 3.8) is 0 Å². The van der Waals surface area contributed by atoms with Crippen LogP contribution in [0.5, 0.6) is 0 Å². The van der Waals surface area contributed by atoms with Crippen molar-refractivity contribution in [3.05, 3.63) is 94.8 Å². The first kappa shape index (κ1) is 45.5. The van der Waals surface area contributed by atoms with Gasteiger partial charge in [-0.1, -0.05) is 6.07 Å². The van der Waals surface area contributed by atoms with Crippen LogP contribution in [0.4, 0.5) is 45.0 Å². The fourth-order valence-electron chi connectivity index (χ4n) is 8.79. The number of aromatic nitrogens is 2. The zero-order valence-electron chi connectivity index (χ0n) is 36.0. The van der Waals surface area contributed by atoms with Gasteiger partial charge in [-0.2, -0.15) is 13.2 Å². The fraction of sp³-hybridized carbons (Fsp3) is 0.378. The Hall–Kier alpha value is -7.03. The number of piperidine rings is 1. The van der Waals surface area contributed by atoms with Crippen molar-refractivity contribution in [3.8, 4) is 11.1 Å². The van der Waals surface area contributed by atoms with E-state index in [2.05, 4.69) is 30.8 Å². The van der Waals surface area contributed by atoms with Crippen molar-refractivity contribution in [1.82, 2.24) is 30.0 Å². The number of likely N-dealkylation sites (N-methyl/N-ethyl adjacent to an activating group) is 1. The van der Waals surface area contributed by atoms with Crippen molar-refractivity contribution in [2.75, 3.05) is 73.3 Å². The number of hydrogen-bond acceptors (Lipinski definition) is 12. The molecule has 1 aromatic heterocycles. The molecule has 3 fully saturated rings. The number of benzene rings is 3. The molecule has 3 N–H and O–H groups in total. The first-order chi connectivity index (χ1) is 31.4. The Bertz CT molecular complexity index is 2610. The van der Waals surface area contributed by atoms with E-state index in [4.69, 9.17) is 0 Å². The smallest absolute Gasteiger partial charge is 0.384 e. The van der Waals surface area contributed by atoms with E-state index in [0.717, 1.165) is 17.0 Å². The van der Waals surface area contributed by atoms with Gasteiger partial charge < -0.3 is 25.3 Å². The molecule has 66 heavy (non-hydrogen) atoms. The number of nitrogens with one attached hydrogen (secondary N) is 3. The molecule has 1 unspecified atom stereocenters. The van der Waals surface area contributed by atoms with E-state index in [1.54, 1.807) is 17.0 Å². The zero-order chi connectivity index (χ0) is 47.2. The number of amides is 6. The molecular weight excluding hydrogens is 872 g/mol. The molecule has 0 saturated carbocycles. The number of alkyl halides is 3. The third kappa shape index (κ3) is 8.98. The number of fused-ring (bicyclic) bond motifs is 1. The molecule has 0 radical (unpaired) electrons. The van der Waals surface area contributed by atoms with E-state index in [0.29, 0.717) is 50.9 Å². The molecule has 16 nitrogen and oxygen atoms in total. The summed E-state index contributed by atoms with van der Waals surface area (Å²) in [5.41, 5.74) is -1.25. The summed E-state index contributed by atoms with van der Waals surface area (Å²) >= 11 is 0. The van der Waals surface area contributed by atoms with Crippen molar-refractivity contribution >= 4 is 58.5 Å². The summed E-state index contributed by atoms with van der Waals surface area (Å²) in [7, 11) is 1.95. The van der Waals surface area contributed by atoms with Gasteiger partial charge in [-0.15, -0.1) is 0 Å². The Labute approximate surface area is 375 Å². The normalized spacial score (nSPS) is 20.4. The highest BCUT2D eigenvalue weighted by Crippen LogP contribution is 2.38. The van der Waals surface area contributed by atoms with E-state index in [-0.39, 0.29) is 83.5 Å². The topological polar surface area (TPSA) is 180 Å². The van der Waals surface area contributed by atoms with Crippen molar-refractivity contribution in [2.24, 2.45) is 0 Å². The summed E-state index contributed by atoms with van der Waals surface area (Å²) in [6.45, 7) is 6.32. The monoisotopic (exact) mass is 916 g/mol. The highest BCUT2D eigenvalue weighted by Gasteiger charge is 2.46. The summed E-state index contributed by atoms with van der Waals surface area (Å²) in [6.07, 6.45) is -2.18. The van der Waals surface area contributed by atoms with E-state index >= 15 is 4.39 Å². The number of imide groups is 2. The molecule has 8 rings (SSSR count). The maximum absolute atomic E-state index is 16.1. The van der Waals surface area contributed by atoms with E-state index in [1.165, 1.54) is 30.6 Å². The third-order valence-corrected chi connectivity index (χ3v) is 12.6. The molecule has 3 saturated heterocycles. The Morgan fingerprint density at radius 2 is 1.55 bits per heavy atom. The third-order valence-electron chi connectivity index (χ3n) is 12.6. The lowest BCUT2D eigenvalue weighted by Crippen LogP contribution is -2.55. The van der Waals surface area contributed by atoms with Crippen LogP contribution in [0.1, 0.15) is 69.7 Å². The van der Waals surface area contributed by atoms with E-state index in [9.17, 15) is 46.3 Å². The van der Waals surface area contributed by atoms with Crippen LogP contribution in [-0.4, -0.2) is 131 Å². The summed E-state index contributed by atoms with van der Waals surface area (Å²) in [4.78, 5) is 94.8. The molecule has 3 aromatic carbocycles. The quantitative estimate of drug-likeness (QED) is 0.147. The van der Waals surface area contributed by atoms with Gasteiger partial charge in [0, 0.05) is 99.9 Å². The molecule has 4 aliphatic rings. The second kappa shape index (κ2) is 18.1. The van der Waals surface area contributed by atoms with Crippen molar-refractivity contribution < 1.29 is 50.7 Å². The summed E-state index contributed by atoms with van der Waals surface area (Å²) in [5, 5.41) is 7.80. The van der Waals surface area contributed by atoms with E-state index in [1.807, 2.05) is 30.7 Å². The Morgan fingerprint density at radius 3 is 2.21 bits per heavy atom. The Morgan fingerprint density at radius 1 is 0.848 bits per heavy atom. The predicted molar refractivity (Wildman–Crippen MR) is 231 cm³/mol. The van der Waals surface area contributed by atoms with Crippen molar-refractivity contribution in [1.29, 1.82) is 0 Å². The highest BCUT2D eigenvalue weighted by molar-refractivity contribution is 6.25. The molecule has 4 aliphatic heterocycles. The van der Waals surface area contributed by atoms with Crippen molar-refractivity contribution in [2.45, 2.75) is 57.4 Å². The minimum Gasteiger partial charge on any atom is -0.384 e. The SMILES string of the molecule is C[C@@H]1CN(c2cc(F)c(-c3cnc(N4CCN(C(=O)CCNc5cccc6c5C(=O)N(C5CCC(=O)NC5=O)C6=O)CC4)nc3)cc2NC(=O)c2ccc(F)cc2C(F)(F)F)C[C@H](C)N1C. The van der Waals surface area contributed by atoms with Crippen LogP contribution in [0.3, 0.4) is 0 Å². The van der Waals surface area contributed by atoms with Crippen LogP contribution in [0, 0.1) is 11.6 Å². The molecule has 0 aliphatic carbocycles. The zero-order valence-corrected chi connectivity index (χ0v) is 36.0. The average Bonchev–Trinajstić information content (AvgIpc) is 3.54. The number of anilines is 4. The average molecular weight is 917 g/mol. The lowest BCUT2D eigenvalue weighted by molar-refractivity contribution is -0.138. The molecule has 0 bridgehead atoms. The minimum atomic E-state index is -5.03. The van der Waals surface area contributed by atoms with Gasteiger partial charge in [0.15, 0.2) is 0 Å². The number of nitrogens with zero attached hydrogens (tertiary/aromatic N) is 7. The first-order valence-electron chi connectivity index (χ1n) is 21.3. The number of piperazine rings is 2. The Kier molecular flexibility index (Phi) is 12.5. The molecule has 3 atom stereocenters. The number of hydrogen-bond donors (Lipinski definition) is 3.